The first-order chi connectivity index (χ1) is 9.13. The van der Waals surface area contributed by atoms with Crippen LogP contribution in [0.3, 0.4) is 0 Å². The zero-order valence-electron chi connectivity index (χ0n) is 10.0. The molecule has 7 heteroatoms. The van der Waals surface area contributed by atoms with Gasteiger partial charge in [-0.05, 0) is 18.4 Å². The van der Waals surface area contributed by atoms with Gasteiger partial charge in [0.2, 0.25) is 0 Å². The number of nitrogen functional groups attached to an aromatic ring is 1. The zero-order valence-corrected chi connectivity index (χ0v) is 11.6. The lowest BCUT2D eigenvalue weighted by molar-refractivity contribution is 0.944. The summed E-state index contributed by atoms with van der Waals surface area (Å²) < 4.78 is 0. The number of benzene rings is 1. The molecule has 0 radical (unpaired) electrons. The summed E-state index contributed by atoms with van der Waals surface area (Å²) >= 11 is 2.71. The van der Waals surface area contributed by atoms with Crippen molar-refractivity contribution in [3.05, 3.63) is 40.2 Å². The molecule has 0 bridgehead atoms. The minimum absolute atomic E-state index is 0.158. The number of rotatable bonds is 3. The quantitative estimate of drug-likeness (QED) is 0.664. The molecule has 0 aliphatic carbocycles. The SMILES string of the molecule is CSc1cccc(Sc2nc(N)cc(=O)[nH]2)c1C#N. The maximum Gasteiger partial charge on any atom is 0.253 e. The van der Waals surface area contributed by atoms with Gasteiger partial charge in [-0.15, -0.1) is 11.8 Å². The lowest BCUT2D eigenvalue weighted by atomic mass is 10.2. The minimum atomic E-state index is -0.311. The molecular formula is C12H10N4OS2. The fourth-order valence-corrected chi connectivity index (χ4v) is 3.04. The van der Waals surface area contributed by atoms with Gasteiger partial charge in [-0.2, -0.15) is 5.26 Å². The fraction of sp³-hybridized carbons (Fsp3) is 0.0833. The maximum atomic E-state index is 11.3. The van der Waals surface area contributed by atoms with E-state index >= 15 is 0 Å². The molecule has 2 aromatic rings. The van der Waals surface area contributed by atoms with E-state index in [4.69, 9.17) is 5.73 Å². The van der Waals surface area contributed by atoms with Gasteiger partial charge < -0.3 is 10.7 Å². The second-order valence-corrected chi connectivity index (χ2v) is 5.40. The Bertz CT molecular complexity index is 706. The summed E-state index contributed by atoms with van der Waals surface area (Å²) in [4.78, 5) is 19.6. The first kappa shape index (κ1) is 13.5. The summed E-state index contributed by atoms with van der Waals surface area (Å²) in [6, 6.07) is 8.94. The van der Waals surface area contributed by atoms with Gasteiger partial charge in [0.1, 0.15) is 11.9 Å². The monoisotopic (exact) mass is 290 g/mol. The van der Waals surface area contributed by atoms with Crippen LogP contribution in [0.2, 0.25) is 0 Å². The van der Waals surface area contributed by atoms with Crippen molar-refractivity contribution in [2.45, 2.75) is 14.9 Å². The van der Waals surface area contributed by atoms with Crippen molar-refractivity contribution in [2.24, 2.45) is 0 Å². The van der Waals surface area contributed by atoms with Gasteiger partial charge in [0.05, 0.1) is 5.56 Å². The molecule has 2 rings (SSSR count). The van der Waals surface area contributed by atoms with Gasteiger partial charge in [0.15, 0.2) is 5.16 Å². The molecule has 96 valence electrons. The molecular weight excluding hydrogens is 280 g/mol. The Balaban J connectivity index is 2.44. The number of nitriles is 1. The Kier molecular flexibility index (Phi) is 4.14. The number of nitrogens with two attached hydrogens (primary N) is 1. The van der Waals surface area contributed by atoms with Crippen LogP contribution in [0.4, 0.5) is 5.82 Å². The summed E-state index contributed by atoms with van der Waals surface area (Å²) in [5.41, 5.74) is 5.79. The van der Waals surface area contributed by atoms with Crippen LogP contribution in [0, 0.1) is 11.3 Å². The topological polar surface area (TPSA) is 95.6 Å². The van der Waals surface area contributed by atoms with Gasteiger partial charge in [0.25, 0.3) is 5.56 Å². The molecule has 19 heavy (non-hydrogen) atoms. The average Bonchev–Trinajstić information content (AvgIpc) is 2.37. The van der Waals surface area contributed by atoms with Gasteiger partial charge in [0, 0.05) is 15.9 Å². The largest absolute Gasteiger partial charge is 0.383 e. The normalized spacial score (nSPS) is 10.1. The highest BCUT2D eigenvalue weighted by Gasteiger charge is 2.10. The Hall–Kier alpha value is -1.91. The summed E-state index contributed by atoms with van der Waals surface area (Å²) in [5.74, 6) is 0.158. The predicted molar refractivity (Wildman–Crippen MR) is 76.3 cm³/mol. The summed E-state index contributed by atoms with van der Waals surface area (Å²) in [6.45, 7) is 0. The number of anilines is 1. The third-order valence-corrected chi connectivity index (χ3v) is 3.99. The number of thioether (sulfide) groups is 1. The fourth-order valence-electron chi connectivity index (χ4n) is 1.48. The molecule has 0 atom stereocenters. The minimum Gasteiger partial charge on any atom is -0.383 e. The van der Waals surface area contributed by atoms with Gasteiger partial charge in [-0.3, -0.25) is 4.79 Å². The molecule has 1 heterocycles. The van der Waals surface area contributed by atoms with Crippen LogP contribution in [0.15, 0.2) is 44.0 Å². The first-order valence-corrected chi connectivity index (χ1v) is 7.30. The molecule has 1 aromatic heterocycles. The van der Waals surface area contributed by atoms with Crippen molar-refractivity contribution >= 4 is 29.3 Å². The highest BCUT2D eigenvalue weighted by atomic mass is 32.2. The second-order valence-electron chi connectivity index (χ2n) is 3.52. The number of aromatic amines is 1. The number of hydrogen-bond donors (Lipinski definition) is 2. The molecule has 0 saturated carbocycles. The van der Waals surface area contributed by atoms with Crippen molar-refractivity contribution in [2.75, 3.05) is 12.0 Å². The van der Waals surface area contributed by atoms with Gasteiger partial charge in [-0.1, -0.05) is 17.8 Å². The zero-order chi connectivity index (χ0) is 13.8. The molecule has 5 nitrogen and oxygen atoms in total. The Morgan fingerprint density at radius 3 is 2.79 bits per heavy atom. The van der Waals surface area contributed by atoms with Crippen molar-refractivity contribution in [3.63, 3.8) is 0 Å². The Labute approximate surface area is 118 Å². The molecule has 0 aliphatic heterocycles. The molecule has 0 spiro atoms. The van der Waals surface area contributed by atoms with E-state index in [2.05, 4.69) is 16.0 Å². The lowest BCUT2D eigenvalue weighted by Gasteiger charge is -2.06. The van der Waals surface area contributed by atoms with E-state index in [0.29, 0.717) is 10.7 Å². The molecule has 0 aliphatic rings. The molecule has 0 saturated heterocycles. The Morgan fingerprint density at radius 2 is 2.16 bits per heavy atom. The number of H-pyrrole nitrogens is 1. The summed E-state index contributed by atoms with van der Waals surface area (Å²) in [6.07, 6.45) is 1.91. The smallest absolute Gasteiger partial charge is 0.253 e. The number of nitrogens with one attached hydrogen (secondary N) is 1. The molecule has 0 unspecified atom stereocenters. The predicted octanol–water partition coefficient (Wildman–Crippen LogP) is 2.10. The summed E-state index contributed by atoms with van der Waals surface area (Å²) in [7, 11) is 0. The molecule has 1 aromatic carbocycles. The third kappa shape index (κ3) is 3.10. The van der Waals surface area contributed by atoms with E-state index in [-0.39, 0.29) is 11.4 Å². The van der Waals surface area contributed by atoms with E-state index in [0.717, 1.165) is 9.79 Å². The van der Waals surface area contributed by atoms with Crippen molar-refractivity contribution < 1.29 is 0 Å². The van der Waals surface area contributed by atoms with Crippen LogP contribution < -0.4 is 11.3 Å². The highest BCUT2D eigenvalue weighted by molar-refractivity contribution is 7.99. The van der Waals surface area contributed by atoms with Crippen LogP contribution in [-0.2, 0) is 0 Å². The molecule has 0 amide bonds. The standard InChI is InChI=1S/C12H10N4OS2/c1-18-8-3-2-4-9(7(8)6-13)19-12-15-10(14)5-11(17)16-12/h2-5H,1H3,(H3,14,15,16,17). The van der Waals surface area contributed by atoms with Crippen molar-refractivity contribution in [1.29, 1.82) is 5.26 Å². The van der Waals surface area contributed by atoms with E-state index in [9.17, 15) is 10.1 Å². The van der Waals surface area contributed by atoms with Crippen molar-refractivity contribution in [3.8, 4) is 6.07 Å². The molecule has 3 N–H and O–H groups in total. The highest BCUT2D eigenvalue weighted by Crippen LogP contribution is 2.32. The van der Waals surface area contributed by atoms with E-state index in [1.165, 1.54) is 29.6 Å². The van der Waals surface area contributed by atoms with E-state index < -0.39 is 0 Å². The van der Waals surface area contributed by atoms with Crippen molar-refractivity contribution in [1.82, 2.24) is 9.97 Å². The molecule has 0 fully saturated rings. The second kappa shape index (κ2) is 5.82. The average molecular weight is 290 g/mol. The van der Waals surface area contributed by atoms with Crippen LogP contribution in [-0.4, -0.2) is 16.2 Å². The number of nitrogens with zero attached hydrogens (tertiary/aromatic N) is 2. The van der Waals surface area contributed by atoms with Gasteiger partial charge in [-0.25, -0.2) is 4.98 Å². The first-order valence-electron chi connectivity index (χ1n) is 5.26. The number of hydrogen-bond acceptors (Lipinski definition) is 6. The van der Waals surface area contributed by atoms with Crippen LogP contribution in [0.25, 0.3) is 0 Å². The van der Waals surface area contributed by atoms with Crippen LogP contribution in [0.5, 0.6) is 0 Å². The van der Waals surface area contributed by atoms with Crippen LogP contribution in [0.1, 0.15) is 5.56 Å². The van der Waals surface area contributed by atoms with Crippen LogP contribution >= 0.6 is 23.5 Å². The maximum absolute atomic E-state index is 11.3. The number of aromatic nitrogens is 2. The summed E-state index contributed by atoms with van der Waals surface area (Å²) in [5, 5.41) is 9.60. The Morgan fingerprint density at radius 1 is 1.42 bits per heavy atom. The van der Waals surface area contributed by atoms with E-state index in [1.807, 2.05) is 24.5 Å². The van der Waals surface area contributed by atoms with E-state index in [1.54, 1.807) is 0 Å². The lowest BCUT2D eigenvalue weighted by Crippen LogP contribution is -2.09. The van der Waals surface area contributed by atoms with Gasteiger partial charge >= 0.3 is 0 Å². The third-order valence-electron chi connectivity index (χ3n) is 2.27.